The van der Waals surface area contributed by atoms with E-state index in [1.165, 1.54) is 6.07 Å². The first-order chi connectivity index (χ1) is 13.3. The molecule has 0 aliphatic heterocycles. The minimum absolute atomic E-state index is 0.0516. The molecule has 0 atom stereocenters. The van der Waals surface area contributed by atoms with Crippen molar-refractivity contribution < 1.29 is 17.9 Å². The Labute approximate surface area is 164 Å². The average Bonchev–Trinajstić information content (AvgIpc) is 2.62. The smallest absolute Gasteiger partial charge is 0.346 e. The molecule has 5 heteroatoms. The molecule has 0 saturated heterocycles. The van der Waals surface area contributed by atoms with Crippen molar-refractivity contribution in [2.75, 3.05) is 6.61 Å². The van der Waals surface area contributed by atoms with Crippen molar-refractivity contribution in [3.05, 3.63) is 64.5 Å². The van der Waals surface area contributed by atoms with Crippen LogP contribution in [0.25, 0.3) is 10.8 Å². The highest BCUT2D eigenvalue weighted by atomic mass is 19.1. The van der Waals surface area contributed by atoms with E-state index in [0.29, 0.717) is 49.9 Å². The predicted molar refractivity (Wildman–Crippen MR) is 109 cm³/mol. The molecule has 0 radical (unpaired) electrons. The summed E-state index contributed by atoms with van der Waals surface area (Å²) in [6.45, 7) is 5.35. The van der Waals surface area contributed by atoms with E-state index in [2.05, 4.69) is 0 Å². The van der Waals surface area contributed by atoms with Crippen molar-refractivity contribution in [3.63, 3.8) is 0 Å². The molecule has 152 valence electrons. The molecule has 0 amide bonds. The van der Waals surface area contributed by atoms with Crippen LogP contribution in [0.5, 0.6) is 5.75 Å². The molecule has 2 aromatic rings. The monoisotopic (exact) mass is 390 g/mol. The highest BCUT2D eigenvalue weighted by molar-refractivity contribution is 5.83. The van der Waals surface area contributed by atoms with Crippen LogP contribution in [-0.4, -0.2) is 12.3 Å². The number of hydrogen-bond acceptors (Lipinski definition) is 3. The number of aryl methyl sites for hydroxylation is 1. The molecule has 0 N–H and O–H groups in total. The molecule has 1 aromatic carbocycles. The van der Waals surface area contributed by atoms with Crippen molar-refractivity contribution in [2.45, 2.75) is 58.5 Å². The van der Waals surface area contributed by atoms with Crippen LogP contribution in [0.4, 0.5) is 8.78 Å². The highest BCUT2D eigenvalue weighted by Crippen LogP contribution is 2.25. The molecule has 0 spiro atoms. The van der Waals surface area contributed by atoms with Gasteiger partial charge < -0.3 is 9.15 Å². The van der Waals surface area contributed by atoms with E-state index >= 15 is 0 Å². The third-order valence-electron chi connectivity index (χ3n) is 4.29. The second-order valence-corrected chi connectivity index (χ2v) is 7.32. The molecule has 28 heavy (non-hydrogen) atoms. The standard InChI is InChI=1S/C23H28F2O3/c1-4-5-10-15-27-19-13-12-17-16-18(28-22(26)20(17)21(19)24)11-8-6-7-9-14-23(2,3)25/h4-7,12-13,16H,8-11,14-15H2,1-3H3/b5-4+,7-6+. The van der Waals surface area contributed by atoms with Crippen LogP contribution in [-0.2, 0) is 6.42 Å². The summed E-state index contributed by atoms with van der Waals surface area (Å²) < 4.78 is 38.7. The van der Waals surface area contributed by atoms with E-state index in [1.54, 1.807) is 26.0 Å². The Kier molecular flexibility index (Phi) is 7.97. The number of fused-ring (bicyclic) bond motifs is 1. The zero-order chi connectivity index (χ0) is 20.6. The van der Waals surface area contributed by atoms with Crippen LogP contribution in [0.2, 0.25) is 0 Å². The van der Waals surface area contributed by atoms with E-state index in [0.717, 1.165) is 0 Å². The predicted octanol–water partition coefficient (Wildman–Crippen LogP) is 6.29. The minimum atomic E-state index is -1.17. The van der Waals surface area contributed by atoms with Gasteiger partial charge in [0.1, 0.15) is 16.8 Å². The van der Waals surface area contributed by atoms with Gasteiger partial charge in [-0.15, -0.1) is 0 Å². The Morgan fingerprint density at radius 1 is 1.14 bits per heavy atom. The van der Waals surface area contributed by atoms with Crippen LogP contribution in [0.3, 0.4) is 0 Å². The number of alkyl halides is 1. The number of allylic oxidation sites excluding steroid dienone is 3. The summed E-state index contributed by atoms with van der Waals surface area (Å²) in [5.74, 6) is -0.142. The second-order valence-electron chi connectivity index (χ2n) is 7.32. The Balaban J connectivity index is 2.04. The first kappa shape index (κ1) is 21.9. The van der Waals surface area contributed by atoms with Gasteiger partial charge in [0.05, 0.1) is 6.61 Å². The average molecular weight is 390 g/mol. The van der Waals surface area contributed by atoms with Crippen molar-refractivity contribution >= 4 is 10.8 Å². The van der Waals surface area contributed by atoms with Crippen LogP contribution < -0.4 is 10.4 Å². The molecule has 3 nitrogen and oxygen atoms in total. The molecule has 0 unspecified atom stereocenters. The van der Waals surface area contributed by atoms with Crippen molar-refractivity contribution in [2.24, 2.45) is 0 Å². The Morgan fingerprint density at radius 2 is 1.89 bits per heavy atom. The normalized spacial score (nSPS) is 12.5. The van der Waals surface area contributed by atoms with Crippen LogP contribution in [0, 0.1) is 5.82 Å². The van der Waals surface area contributed by atoms with Gasteiger partial charge in [-0.2, -0.15) is 0 Å². The molecule has 2 rings (SSSR count). The lowest BCUT2D eigenvalue weighted by Crippen LogP contribution is -2.10. The Bertz CT molecular complexity index is 889. The number of hydrogen-bond donors (Lipinski definition) is 0. The van der Waals surface area contributed by atoms with E-state index < -0.39 is 17.1 Å². The van der Waals surface area contributed by atoms with Gasteiger partial charge >= 0.3 is 5.63 Å². The Morgan fingerprint density at radius 3 is 2.61 bits per heavy atom. The lowest BCUT2D eigenvalue weighted by Gasteiger charge is -2.11. The Hall–Kier alpha value is -2.43. The lowest BCUT2D eigenvalue weighted by atomic mass is 10.0. The van der Waals surface area contributed by atoms with Crippen molar-refractivity contribution in [3.8, 4) is 5.75 Å². The van der Waals surface area contributed by atoms with Crippen LogP contribution in [0.1, 0.15) is 52.2 Å². The summed E-state index contributed by atoms with van der Waals surface area (Å²) in [6.07, 6.45) is 10.7. The molecular weight excluding hydrogens is 362 g/mol. The fraction of sp³-hybridized carbons (Fsp3) is 0.435. The quantitative estimate of drug-likeness (QED) is 0.353. The summed E-state index contributed by atoms with van der Waals surface area (Å²) in [6, 6.07) is 4.89. The van der Waals surface area contributed by atoms with Crippen molar-refractivity contribution in [1.29, 1.82) is 0 Å². The summed E-state index contributed by atoms with van der Waals surface area (Å²) in [4.78, 5) is 12.3. The van der Waals surface area contributed by atoms with Gasteiger partial charge in [0.25, 0.3) is 0 Å². The third-order valence-corrected chi connectivity index (χ3v) is 4.29. The zero-order valence-electron chi connectivity index (χ0n) is 16.8. The largest absolute Gasteiger partial charge is 0.490 e. The molecule has 1 heterocycles. The second kappa shape index (κ2) is 10.2. The van der Waals surface area contributed by atoms with Gasteiger partial charge in [-0.3, -0.25) is 0 Å². The molecule has 0 fully saturated rings. The molecule has 0 saturated carbocycles. The summed E-state index contributed by atoms with van der Waals surface area (Å²) in [7, 11) is 0. The topological polar surface area (TPSA) is 39.4 Å². The van der Waals surface area contributed by atoms with Gasteiger partial charge in [0.2, 0.25) is 0 Å². The third kappa shape index (κ3) is 6.63. The number of benzene rings is 1. The molecule has 1 aromatic heterocycles. The van der Waals surface area contributed by atoms with Gasteiger partial charge in [0.15, 0.2) is 11.6 Å². The van der Waals surface area contributed by atoms with E-state index in [4.69, 9.17) is 9.15 Å². The fourth-order valence-electron chi connectivity index (χ4n) is 2.80. The minimum Gasteiger partial charge on any atom is -0.490 e. The highest BCUT2D eigenvalue weighted by Gasteiger charge is 2.15. The van der Waals surface area contributed by atoms with Crippen LogP contribution in [0.15, 0.2) is 51.7 Å². The SMILES string of the molecule is C/C=C/CCOc1ccc2cc(CC/C=C/CCC(C)(C)F)oc(=O)c2c1F. The zero-order valence-corrected chi connectivity index (χ0v) is 16.8. The van der Waals surface area contributed by atoms with E-state index in [9.17, 15) is 13.6 Å². The molecular formula is C23H28F2O3. The maximum absolute atomic E-state index is 14.6. The van der Waals surface area contributed by atoms with Gasteiger partial charge in [-0.05, 0) is 64.0 Å². The van der Waals surface area contributed by atoms with Gasteiger partial charge in [-0.1, -0.05) is 30.4 Å². The summed E-state index contributed by atoms with van der Waals surface area (Å²) >= 11 is 0. The van der Waals surface area contributed by atoms with E-state index in [-0.39, 0.29) is 11.1 Å². The van der Waals surface area contributed by atoms with Gasteiger partial charge in [0, 0.05) is 6.42 Å². The maximum atomic E-state index is 14.6. The van der Waals surface area contributed by atoms with Crippen molar-refractivity contribution in [1.82, 2.24) is 0 Å². The van der Waals surface area contributed by atoms with Gasteiger partial charge in [-0.25, -0.2) is 13.6 Å². The summed E-state index contributed by atoms with van der Waals surface area (Å²) in [5.41, 5.74) is -1.87. The molecule has 0 aliphatic rings. The number of ether oxygens (including phenoxy) is 1. The van der Waals surface area contributed by atoms with E-state index in [1.807, 2.05) is 31.2 Å². The lowest BCUT2D eigenvalue weighted by molar-refractivity contribution is 0.203. The molecule has 0 aliphatic carbocycles. The number of rotatable bonds is 10. The first-order valence-corrected chi connectivity index (χ1v) is 9.65. The number of halogens is 2. The maximum Gasteiger partial charge on any atom is 0.346 e. The first-order valence-electron chi connectivity index (χ1n) is 9.65. The molecule has 0 bridgehead atoms. The van der Waals surface area contributed by atoms with Crippen LogP contribution >= 0.6 is 0 Å². The summed E-state index contributed by atoms with van der Waals surface area (Å²) in [5, 5.41) is 0.403. The fourth-order valence-corrected chi connectivity index (χ4v) is 2.80.